The van der Waals surface area contributed by atoms with Gasteiger partial charge in [0, 0.05) is 6.42 Å². The molecule has 0 aromatic rings. The summed E-state index contributed by atoms with van der Waals surface area (Å²) in [5, 5.41) is 0. The lowest BCUT2D eigenvalue weighted by Gasteiger charge is -2.02. The molecule has 60 valence electrons. The molecule has 0 aliphatic carbocycles. The summed E-state index contributed by atoms with van der Waals surface area (Å²) in [5.74, 6) is 0. The van der Waals surface area contributed by atoms with Crippen LogP contribution in [0.5, 0.6) is 0 Å². The molecule has 0 aromatic carbocycles. The van der Waals surface area contributed by atoms with Crippen LogP contribution in [0.3, 0.4) is 0 Å². The molecular weight excluding hydrogens is 168 g/mol. The molecule has 0 bridgehead atoms. The van der Waals surface area contributed by atoms with Crippen molar-refractivity contribution in [3.8, 4) is 0 Å². The van der Waals surface area contributed by atoms with Crippen molar-refractivity contribution in [3.05, 3.63) is 0 Å². The smallest absolute Gasteiger partial charge is 0.294 e. The van der Waals surface area contributed by atoms with Gasteiger partial charge in [0.2, 0.25) is 0 Å². The predicted molar refractivity (Wildman–Crippen MR) is 28.8 cm³/mol. The van der Waals surface area contributed by atoms with Gasteiger partial charge in [0.25, 0.3) is 0 Å². The molecule has 6 heteroatoms. The highest BCUT2D eigenvalue weighted by Gasteiger charge is 2.25. The lowest BCUT2D eigenvalue weighted by molar-refractivity contribution is -0.136. The Morgan fingerprint density at radius 1 is 1.40 bits per heavy atom. The summed E-state index contributed by atoms with van der Waals surface area (Å²) >= 11 is 0. The SMILES string of the molecule is O=POCCCC(F)(F)F. The summed E-state index contributed by atoms with van der Waals surface area (Å²) < 4.78 is 47.7. The second-order valence-electron chi connectivity index (χ2n) is 1.63. The highest BCUT2D eigenvalue weighted by atomic mass is 31.1. The molecule has 10 heavy (non-hydrogen) atoms. The molecule has 0 rings (SSSR count). The second kappa shape index (κ2) is 4.63. The van der Waals surface area contributed by atoms with Gasteiger partial charge in [-0.1, -0.05) is 0 Å². The molecule has 0 saturated carbocycles. The molecule has 0 N–H and O–H groups in total. The maximum absolute atomic E-state index is 11.3. The summed E-state index contributed by atoms with van der Waals surface area (Å²) in [7, 11) is -0.566. The van der Waals surface area contributed by atoms with Gasteiger partial charge in [-0.3, -0.25) is 4.52 Å². The lowest BCUT2D eigenvalue weighted by Crippen LogP contribution is -2.07. The first kappa shape index (κ1) is 9.85. The Morgan fingerprint density at radius 2 is 2.00 bits per heavy atom. The molecule has 0 aromatic heterocycles. The molecule has 0 aliphatic rings. The van der Waals surface area contributed by atoms with Crippen LogP contribution in [0, 0.1) is 0 Å². The van der Waals surface area contributed by atoms with Gasteiger partial charge in [-0.2, -0.15) is 13.2 Å². The van der Waals surface area contributed by atoms with Crippen LogP contribution in [0.15, 0.2) is 0 Å². The average Bonchev–Trinajstić information content (AvgIpc) is 1.78. The van der Waals surface area contributed by atoms with E-state index in [4.69, 9.17) is 0 Å². The normalized spacial score (nSPS) is 12.3. The van der Waals surface area contributed by atoms with E-state index in [9.17, 15) is 17.7 Å². The fourth-order valence-electron chi connectivity index (χ4n) is 0.374. The van der Waals surface area contributed by atoms with Crippen molar-refractivity contribution in [2.24, 2.45) is 0 Å². The average molecular weight is 174 g/mol. The minimum atomic E-state index is -4.14. The quantitative estimate of drug-likeness (QED) is 0.483. The standard InChI is InChI=1S/C4H6F3O2P/c5-4(6,7)2-1-3-9-10-8/h1-3H2. The topological polar surface area (TPSA) is 26.3 Å². The van der Waals surface area contributed by atoms with Crippen LogP contribution in [0.2, 0.25) is 0 Å². The Kier molecular flexibility index (Phi) is 4.56. The van der Waals surface area contributed by atoms with E-state index in [1.807, 2.05) is 0 Å². The maximum Gasteiger partial charge on any atom is 0.389 e. The molecular formula is C4H6F3O2P. The van der Waals surface area contributed by atoms with Gasteiger partial charge in [0.05, 0.1) is 6.61 Å². The zero-order valence-corrected chi connectivity index (χ0v) is 5.91. The third-order valence-corrected chi connectivity index (χ3v) is 1.04. The Hall–Kier alpha value is -0.150. The van der Waals surface area contributed by atoms with Crippen LogP contribution in [-0.2, 0) is 9.09 Å². The monoisotopic (exact) mass is 174 g/mol. The van der Waals surface area contributed by atoms with Gasteiger partial charge >= 0.3 is 14.9 Å². The van der Waals surface area contributed by atoms with Crippen molar-refractivity contribution >= 4 is 8.69 Å². The van der Waals surface area contributed by atoms with Gasteiger partial charge < -0.3 is 0 Å². The predicted octanol–water partition coefficient (Wildman–Crippen LogP) is 2.55. The van der Waals surface area contributed by atoms with E-state index in [0.717, 1.165) is 0 Å². The second-order valence-corrected chi connectivity index (χ2v) is 2.03. The molecule has 0 unspecified atom stereocenters. The fraction of sp³-hybridized carbons (Fsp3) is 1.00. The third kappa shape index (κ3) is 7.85. The Labute approximate surface area is 57.7 Å². The zero-order valence-electron chi connectivity index (χ0n) is 5.02. The van der Waals surface area contributed by atoms with Crippen molar-refractivity contribution < 1.29 is 22.3 Å². The summed E-state index contributed by atoms with van der Waals surface area (Å²) in [6.07, 6.45) is -5.16. The Balaban J connectivity index is 3.12. The first-order chi connectivity index (χ1) is 4.56. The van der Waals surface area contributed by atoms with E-state index in [2.05, 4.69) is 4.52 Å². The van der Waals surface area contributed by atoms with E-state index < -0.39 is 21.3 Å². The van der Waals surface area contributed by atoms with E-state index in [0.29, 0.717) is 0 Å². The van der Waals surface area contributed by atoms with Crippen molar-refractivity contribution in [1.29, 1.82) is 0 Å². The zero-order chi connectivity index (χ0) is 8.04. The highest BCUT2D eigenvalue weighted by molar-refractivity contribution is 7.17. The van der Waals surface area contributed by atoms with Crippen molar-refractivity contribution in [2.45, 2.75) is 19.0 Å². The van der Waals surface area contributed by atoms with Gasteiger partial charge in [-0.15, -0.1) is 0 Å². The summed E-state index contributed by atoms with van der Waals surface area (Å²) in [5.41, 5.74) is 0. The molecule has 0 spiro atoms. The van der Waals surface area contributed by atoms with Crippen LogP contribution in [0.4, 0.5) is 13.2 Å². The molecule has 0 fully saturated rings. The van der Waals surface area contributed by atoms with E-state index in [-0.39, 0.29) is 13.0 Å². The van der Waals surface area contributed by atoms with Crippen LogP contribution < -0.4 is 0 Å². The summed E-state index contributed by atoms with van der Waals surface area (Å²) in [6.45, 7) is -0.120. The minimum Gasteiger partial charge on any atom is -0.294 e. The molecule has 0 saturated heterocycles. The van der Waals surface area contributed by atoms with E-state index >= 15 is 0 Å². The van der Waals surface area contributed by atoms with Crippen LogP contribution in [0.25, 0.3) is 0 Å². The molecule has 0 atom stereocenters. The van der Waals surface area contributed by atoms with Gasteiger partial charge in [-0.05, 0) is 6.42 Å². The van der Waals surface area contributed by atoms with Crippen LogP contribution in [0.1, 0.15) is 12.8 Å². The molecule has 2 nitrogen and oxygen atoms in total. The number of alkyl halides is 3. The fourth-order valence-corrected chi connectivity index (χ4v) is 0.578. The molecule has 0 aliphatic heterocycles. The van der Waals surface area contributed by atoms with Gasteiger partial charge in [-0.25, -0.2) is 4.57 Å². The maximum atomic E-state index is 11.3. The van der Waals surface area contributed by atoms with Crippen molar-refractivity contribution in [1.82, 2.24) is 0 Å². The van der Waals surface area contributed by atoms with Gasteiger partial charge in [0.15, 0.2) is 0 Å². The molecule has 0 heterocycles. The van der Waals surface area contributed by atoms with Gasteiger partial charge in [0.1, 0.15) is 0 Å². The Bertz CT molecular complexity index is 103. The van der Waals surface area contributed by atoms with E-state index in [1.165, 1.54) is 0 Å². The van der Waals surface area contributed by atoms with E-state index in [1.54, 1.807) is 0 Å². The first-order valence-electron chi connectivity index (χ1n) is 2.57. The first-order valence-corrected chi connectivity index (χ1v) is 3.30. The van der Waals surface area contributed by atoms with Crippen molar-refractivity contribution in [2.75, 3.05) is 6.61 Å². The molecule has 0 radical (unpaired) electrons. The number of hydrogen-bond donors (Lipinski definition) is 0. The highest BCUT2D eigenvalue weighted by Crippen LogP contribution is 2.21. The summed E-state index contributed by atoms with van der Waals surface area (Å²) in [6, 6.07) is 0. The number of rotatable bonds is 4. The van der Waals surface area contributed by atoms with Crippen molar-refractivity contribution in [3.63, 3.8) is 0 Å². The molecule has 0 amide bonds. The number of hydrogen-bond acceptors (Lipinski definition) is 2. The van der Waals surface area contributed by atoms with Crippen LogP contribution >= 0.6 is 8.69 Å². The summed E-state index contributed by atoms with van der Waals surface area (Å²) in [4.78, 5) is 0. The minimum absolute atomic E-state index is 0.120. The number of halogens is 3. The third-order valence-electron chi connectivity index (χ3n) is 0.749. The van der Waals surface area contributed by atoms with Crippen LogP contribution in [-0.4, -0.2) is 12.8 Å². The lowest BCUT2D eigenvalue weighted by atomic mass is 10.3. The Morgan fingerprint density at radius 3 is 2.40 bits per heavy atom. The largest absolute Gasteiger partial charge is 0.389 e.